The number of aryl methyl sites for hydroxylation is 1. The summed E-state index contributed by atoms with van der Waals surface area (Å²) in [5.41, 5.74) is 4.07. The van der Waals surface area contributed by atoms with Crippen molar-refractivity contribution in [3.8, 4) is 16.9 Å². The highest BCUT2D eigenvalue weighted by Gasteiger charge is 2.18. The van der Waals surface area contributed by atoms with Gasteiger partial charge in [-0.1, -0.05) is 35.9 Å². The van der Waals surface area contributed by atoms with Crippen LogP contribution in [0.25, 0.3) is 16.8 Å². The zero-order chi connectivity index (χ0) is 20.4. The topological polar surface area (TPSA) is 68.5 Å². The highest BCUT2D eigenvalue weighted by Crippen LogP contribution is 2.32. The van der Waals surface area contributed by atoms with Gasteiger partial charge in [-0.25, -0.2) is 9.50 Å². The summed E-state index contributed by atoms with van der Waals surface area (Å²) >= 11 is 6.18. The number of nitrogens with zero attached hydrogens (tertiary/aromatic N) is 3. The van der Waals surface area contributed by atoms with E-state index in [-0.39, 0.29) is 12.3 Å². The van der Waals surface area contributed by atoms with E-state index >= 15 is 0 Å². The largest absolute Gasteiger partial charge is 0.497 e. The standard InChI is InChI=1S/C22H19ClN4O2/c1-14-12-24-22-20(16-4-3-5-17(23)11-16)21(26-27(22)13-14)25-19(28)10-15-6-8-18(29-2)9-7-15/h3-9,11-13H,10H2,1-2H3,(H,25,26,28). The van der Waals surface area contributed by atoms with E-state index in [1.54, 1.807) is 23.9 Å². The molecule has 0 bridgehead atoms. The van der Waals surface area contributed by atoms with Gasteiger partial charge in [0.2, 0.25) is 5.91 Å². The first-order chi connectivity index (χ1) is 14.0. The SMILES string of the molecule is COc1ccc(CC(=O)Nc2nn3cc(C)cnc3c2-c2cccc(Cl)c2)cc1. The number of nitrogens with one attached hydrogen (secondary N) is 1. The Balaban J connectivity index is 1.68. The number of benzene rings is 2. The molecule has 6 nitrogen and oxygen atoms in total. The third-order valence-electron chi connectivity index (χ3n) is 4.50. The molecule has 0 saturated heterocycles. The lowest BCUT2D eigenvalue weighted by molar-refractivity contribution is -0.115. The number of hydrogen-bond donors (Lipinski definition) is 1. The van der Waals surface area contributed by atoms with Crippen molar-refractivity contribution in [1.82, 2.24) is 14.6 Å². The quantitative estimate of drug-likeness (QED) is 0.528. The minimum atomic E-state index is -0.168. The van der Waals surface area contributed by atoms with Gasteiger partial charge in [-0.3, -0.25) is 4.79 Å². The Morgan fingerprint density at radius 3 is 2.72 bits per heavy atom. The molecular weight excluding hydrogens is 388 g/mol. The van der Waals surface area contributed by atoms with Gasteiger partial charge in [0.15, 0.2) is 11.5 Å². The minimum absolute atomic E-state index is 0.168. The van der Waals surface area contributed by atoms with Crippen molar-refractivity contribution in [2.45, 2.75) is 13.3 Å². The number of ether oxygens (including phenoxy) is 1. The van der Waals surface area contributed by atoms with Crippen LogP contribution in [0.1, 0.15) is 11.1 Å². The first-order valence-corrected chi connectivity index (χ1v) is 9.45. The number of halogens is 1. The summed E-state index contributed by atoms with van der Waals surface area (Å²) in [5.74, 6) is 1.03. The van der Waals surface area contributed by atoms with Gasteiger partial charge < -0.3 is 10.1 Å². The first kappa shape index (κ1) is 19.0. The van der Waals surface area contributed by atoms with E-state index < -0.39 is 0 Å². The fourth-order valence-corrected chi connectivity index (χ4v) is 3.32. The molecule has 1 N–H and O–H groups in total. The molecular formula is C22H19ClN4O2. The van der Waals surface area contributed by atoms with Crippen LogP contribution in [0.4, 0.5) is 5.82 Å². The Kier molecular flexibility index (Phi) is 5.18. The molecule has 2 aromatic heterocycles. The molecule has 0 radical (unpaired) electrons. The Labute approximate surface area is 173 Å². The average Bonchev–Trinajstić information content (AvgIpc) is 3.05. The number of rotatable bonds is 5. The molecule has 0 aliphatic rings. The van der Waals surface area contributed by atoms with Crippen LogP contribution in [0.5, 0.6) is 5.75 Å². The molecule has 29 heavy (non-hydrogen) atoms. The summed E-state index contributed by atoms with van der Waals surface area (Å²) in [4.78, 5) is 17.2. The van der Waals surface area contributed by atoms with Gasteiger partial charge in [0.1, 0.15) is 5.75 Å². The van der Waals surface area contributed by atoms with Crippen LogP contribution in [-0.2, 0) is 11.2 Å². The Bertz CT molecular complexity index is 1190. The van der Waals surface area contributed by atoms with Crippen molar-refractivity contribution in [3.63, 3.8) is 0 Å². The Hall–Kier alpha value is -3.38. The van der Waals surface area contributed by atoms with E-state index in [0.29, 0.717) is 16.5 Å². The number of carbonyl (C=O) groups is 1. The summed E-state index contributed by atoms with van der Waals surface area (Å²) in [6.07, 6.45) is 3.86. The van der Waals surface area contributed by atoms with E-state index in [1.165, 1.54) is 0 Å². The van der Waals surface area contributed by atoms with Crippen LogP contribution in [0.3, 0.4) is 0 Å². The van der Waals surface area contributed by atoms with Gasteiger partial charge in [0.25, 0.3) is 0 Å². The van der Waals surface area contributed by atoms with Crippen LogP contribution in [0, 0.1) is 6.92 Å². The van der Waals surface area contributed by atoms with Crippen molar-refractivity contribution in [1.29, 1.82) is 0 Å². The molecule has 0 fully saturated rings. The third kappa shape index (κ3) is 4.07. The molecule has 4 aromatic rings. The van der Waals surface area contributed by atoms with E-state index in [2.05, 4.69) is 15.4 Å². The molecule has 4 rings (SSSR count). The summed E-state index contributed by atoms with van der Waals surface area (Å²) in [6.45, 7) is 1.94. The zero-order valence-electron chi connectivity index (χ0n) is 16.0. The van der Waals surface area contributed by atoms with Gasteiger partial charge in [-0.2, -0.15) is 0 Å². The maximum atomic E-state index is 12.7. The van der Waals surface area contributed by atoms with Gasteiger partial charge in [0.05, 0.1) is 19.1 Å². The smallest absolute Gasteiger partial charge is 0.230 e. The lowest BCUT2D eigenvalue weighted by atomic mass is 10.1. The molecule has 1 amide bonds. The number of methoxy groups -OCH3 is 1. The fourth-order valence-electron chi connectivity index (χ4n) is 3.13. The van der Waals surface area contributed by atoms with Crippen molar-refractivity contribution >= 4 is 29.0 Å². The zero-order valence-corrected chi connectivity index (χ0v) is 16.8. The number of anilines is 1. The highest BCUT2D eigenvalue weighted by atomic mass is 35.5. The Morgan fingerprint density at radius 1 is 1.21 bits per heavy atom. The summed E-state index contributed by atoms with van der Waals surface area (Å²) in [7, 11) is 1.61. The summed E-state index contributed by atoms with van der Waals surface area (Å²) in [5, 5.41) is 8.08. The fraction of sp³-hybridized carbons (Fsp3) is 0.136. The lowest BCUT2D eigenvalue weighted by Gasteiger charge is -2.07. The second kappa shape index (κ2) is 7.93. The molecule has 0 aliphatic heterocycles. The first-order valence-electron chi connectivity index (χ1n) is 9.07. The molecule has 146 valence electrons. The van der Waals surface area contributed by atoms with Gasteiger partial charge >= 0.3 is 0 Å². The van der Waals surface area contributed by atoms with Crippen LogP contribution >= 0.6 is 11.6 Å². The predicted octanol–water partition coefficient (Wildman–Crippen LogP) is 4.55. The number of hydrogen-bond acceptors (Lipinski definition) is 4. The monoisotopic (exact) mass is 406 g/mol. The van der Waals surface area contributed by atoms with E-state index in [1.807, 2.05) is 55.6 Å². The molecule has 2 heterocycles. The molecule has 0 aliphatic carbocycles. The van der Waals surface area contributed by atoms with Crippen molar-refractivity contribution < 1.29 is 9.53 Å². The van der Waals surface area contributed by atoms with Crippen molar-refractivity contribution in [2.24, 2.45) is 0 Å². The Morgan fingerprint density at radius 2 is 2.00 bits per heavy atom. The number of aromatic nitrogens is 3. The maximum Gasteiger partial charge on any atom is 0.230 e. The lowest BCUT2D eigenvalue weighted by Crippen LogP contribution is -2.15. The second-order valence-electron chi connectivity index (χ2n) is 6.71. The van der Waals surface area contributed by atoms with Gasteiger partial charge in [-0.15, -0.1) is 5.10 Å². The van der Waals surface area contributed by atoms with E-state index in [0.717, 1.165) is 28.0 Å². The van der Waals surface area contributed by atoms with Crippen LogP contribution in [-0.4, -0.2) is 27.6 Å². The molecule has 7 heteroatoms. The maximum absolute atomic E-state index is 12.7. The molecule has 0 spiro atoms. The average molecular weight is 407 g/mol. The third-order valence-corrected chi connectivity index (χ3v) is 4.73. The molecule has 0 saturated carbocycles. The number of carbonyl (C=O) groups excluding carboxylic acids is 1. The van der Waals surface area contributed by atoms with Crippen molar-refractivity contribution in [2.75, 3.05) is 12.4 Å². The molecule has 0 atom stereocenters. The summed E-state index contributed by atoms with van der Waals surface area (Å²) < 4.78 is 6.83. The van der Waals surface area contributed by atoms with Gasteiger partial charge in [0, 0.05) is 17.4 Å². The van der Waals surface area contributed by atoms with E-state index in [4.69, 9.17) is 16.3 Å². The van der Waals surface area contributed by atoms with Crippen LogP contribution < -0.4 is 10.1 Å². The molecule has 2 aromatic carbocycles. The van der Waals surface area contributed by atoms with Crippen LogP contribution in [0.2, 0.25) is 5.02 Å². The van der Waals surface area contributed by atoms with Crippen LogP contribution in [0.15, 0.2) is 60.9 Å². The minimum Gasteiger partial charge on any atom is -0.497 e. The number of fused-ring (bicyclic) bond motifs is 1. The normalized spacial score (nSPS) is 10.9. The second-order valence-corrected chi connectivity index (χ2v) is 7.14. The summed E-state index contributed by atoms with van der Waals surface area (Å²) in [6, 6.07) is 14.8. The number of amides is 1. The van der Waals surface area contributed by atoms with E-state index in [9.17, 15) is 4.79 Å². The molecule has 0 unspecified atom stereocenters. The van der Waals surface area contributed by atoms with Crippen molar-refractivity contribution in [3.05, 3.63) is 77.1 Å². The van der Waals surface area contributed by atoms with Gasteiger partial charge in [-0.05, 0) is 47.9 Å². The highest BCUT2D eigenvalue weighted by molar-refractivity contribution is 6.30. The predicted molar refractivity (Wildman–Crippen MR) is 113 cm³/mol.